The Hall–Kier alpha value is -3.73. The average Bonchev–Trinajstić information content (AvgIpc) is 2.90. The fourth-order valence-corrected chi connectivity index (χ4v) is 9.26. The molecule has 0 nitrogen and oxygen atoms in total. The summed E-state index contributed by atoms with van der Waals surface area (Å²) in [6.07, 6.45) is 0. The largest absolute Gasteiger partial charge is 0.144 e. The highest BCUT2D eigenvalue weighted by molar-refractivity contribution is 8.01. The summed E-state index contributed by atoms with van der Waals surface area (Å²) in [5.74, 6) is 0. The number of benzene rings is 6. The molecule has 6 rings (SSSR count). The van der Waals surface area contributed by atoms with Crippen LogP contribution >= 0.6 is 7.26 Å². The molecule has 0 aromatic heterocycles. The molecule has 0 saturated carbocycles. The first-order chi connectivity index (χ1) is 16.4. The molecule has 0 amide bonds. The van der Waals surface area contributed by atoms with Crippen molar-refractivity contribution in [3.63, 3.8) is 0 Å². The van der Waals surface area contributed by atoms with Crippen molar-refractivity contribution < 1.29 is 0 Å². The maximum absolute atomic E-state index is 2.41. The minimum Gasteiger partial charge on any atom is -0.0620 e. The summed E-state index contributed by atoms with van der Waals surface area (Å²) in [7, 11) is -2.11. The molecule has 33 heavy (non-hydrogen) atoms. The molecule has 0 heterocycles. The van der Waals surface area contributed by atoms with E-state index in [0.717, 1.165) is 0 Å². The lowest BCUT2D eigenvalue weighted by Gasteiger charge is -2.28. The van der Waals surface area contributed by atoms with Gasteiger partial charge < -0.3 is 0 Å². The number of fused-ring (bicyclic) bond motifs is 2. The zero-order chi connectivity index (χ0) is 22.1. The average molecular weight is 440 g/mol. The Labute approximate surface area is 195 Å². The van der Waals surface area contributed by atoms with E-state index in [2.05, 4.69) is 146 Å². The van der Waals surface area contributed by atoms with E-state index in [-0.39, 0.29) is 0 Å². The van der Waals surface area contributed by atoms with Crippen molar-refractivity contribution in [1.82, 2.24) is 0 Å². The van der Waals surface area contributed by atoms with Gasteiger partial charge in [-0.15, -0.1) is 0 Å². The van der Waals surface area contributed by atoms with Crippen LogP contribution in [0.3, 0.4) is 0 Å². The van der Waals surface area contributed by atoms with Gasteiger partial charge in [0.05, 0.1) is 0 Å². The third-order valence-electron chi connectivity index (χ3n) is 6.53. The smallest absolute Gasteiger partial charge is 0.0620 e. The van der Waals surface area contributed by atoms with Crippen molar-refractivity contribution in [2.75, 3.05) is 0 Å². The second kappa shape index (κ2) is 8.32. The maximum Gasteiger partial charge on any atom is 0.144 e. The Bertz CT molecular complexity index is 1430. The number of hydrogen-bond donors (Lipinski definition) is 0. The molecule has 0 aliphatic rings. The first-order valence-electron chi connectivity index (χ1n) is 11.3. The first-order valence-corrected chi connectivity index (χ1v) is 13.1. The molecule has 0 spiro atoms. The highest BCUT2D eigenvalue weighted by Gasteiger charge is 2.47. The topological polar surface area (TPSA) is 0 Å². The Morgan fingerprint density at radius 1 is 0.273 bits per heavy atom. The Balaban J connectivity index is 1.76. The summed E-state index contributed by atoms with van der Waals surface area (Å²) in [4.78, 5) is 0. The minimum atomic E-state index is -2.11. The zero-order valence-corrected chi connectivity index (χ0v) is 19.2. The summed E-state index contributed by atoms with van der Waals surface area (Å²) in [6.45, 7) is 0. The summed E-state index contributed by atoms with van der Waals surface area (Å²) in [5, 5.41) is 10.6. The minimum absolute atomic E-state index is 1.28. The van der Waals surface area contributed by atoms with E-state index in [1.165, 1.54) is 42.8 Å². The highest BCUT2D eigenvalue weighted by Crippen LogP contribution is 2.54. The maximum atomic E-state index is 2.41. The Morgan fingerprint density at radius 2 is 0.636 bits per heavy atom. The van der Waals surface area contributed by atoms with Gasteiger partial charge in [-0.3, -0.25) is 0 Å². The lowest BCUT2D eigenvalue weighted by molar-refractivity contribution is 1.72. The fourth-order valence-electron chi connectivity index (χ4n) is 4.97. The SMILES string of the molecule is c1ccc([P+](c2ccccc2)(c2ccc3ccccc3c2)c2ccc3ccccc3c2)cc1. The van der Waals surface area contributed by atoms with E-state index in [9.17, 15) is 0 Å². The molecule has 0 radical (unpaired) electrons. The van der Waals surface area contributed by atoms with Gasteiger partial charge in [0.15, 0.2) is 0 Å². The van der Waals surface area contributed by atoms with Crippen molar-refractivity contribution in [2.45, 2.75) is 0 Å². The quantitative estimate of drug-likeness (QED) is 0.271. The third kappa shape index (κ3) is 3.35. The third-order valence-corrected chi connectivity index (χ3v) is 10.8. The van der Waals surface area contributed by atoms with Crippen LogP contribution in [0.25, 0.3) is 21.5 Å². The van der Waals surface area contributed by atoms with Gasteiger partial charge in [-0.1, -0.05) is 97.1 Å². The van der Waals surface area contributed by atoms with E-state index in [4.69, 9.17) is 0 Å². The molecule has 0 atom stereocenters. The van der Waals surface area contributed by atoms with Crippen molar-refractivity contribution in [3.05, 3.63) is 146 Å². The molecule has 6 aromatic rings. The van der Waals surface area contributed by atoms with Crippen LogP contribution in [-0.2, 0) is 0 Å². The van der Waals surface area contributed by atoms with Gasteiger partial charge in [0, 0.05) is 0 Å². The Morgan fingerprint density at radius 3 is 1.06 bits per heavy atom. The molecular weight excluding hydrogens is 415 g/mol. The molecule has 0 N–H and O–H groups in total. The highest BCUT2D eigenvalue weighted by atomic mass is 31.2. The van der Waals surface area contributed by atoms with Crippen molar-refractivity contribution >= 4 is 50.0 Å². The molecule has 1 heteroatoms. The first kappa shape index (κ1) is 19.9. The van der Waals surface area contributed by atoms with Crippen molar-refractivity contribution in [3.8, 4) is 0 Å². The molecule has 0 aliphatic heterocycles. The van der Waals surface area contributed by atoms with Crippen LogP contribution in [0.15, 0.2) is 146 Å². The predicted octanol–water partition coefficient (Wildman–Crippen LogP) is 6.61. The molecule has 6 aromatic carbocycles. The van der Waals surface area contributed by atoms with Crippen molar-refractivity contribution in [1.29, 1.82) is 0 Å². The summed E-state index contributed by atoms with van der Waals surface area (Å²) < 4.78 is 0. The standard InChI is InChI=1S/C32H24P/c1-3-15-29(16-4-1)33(30-17-5-2-6-18-30,31-21-19-25-11-7-9-13-27(25)23-31)32-22-20-26-12-8-10-14-28(26)24-32/h1-24H/q+1. The molecule has 0 fully saturated rings. The van der Waals surface area contributed by atoms with Crippen LogP contribution in [0.1, 0.15) is 0 Å². The van der Waals surface area contributed by atoms with Gasteiger partial charge in [-0.25, -0.2) is 0 Å². The fraction of sp³-hybridized carbons (Fsp3) is 0. The zero-order valence-electron chi connectivity index (χ0n) is 18.3. The molecule has 0 aliphatic carbocycles. The van der Waals surface area contributed by atoms with Gasteiger partial charge >= 0.3 is 0 Å². The van der Waals surface area contributed by atoms with Gasteiger partial charge in [0.2, 0.25) is 0 Å². The van der Waals surface area contributed by atoms with E-state index in [0.29, 0.717) is 0 Å². The van der Waals surface area contributed by atoms with Crippen LogP contribution in [0, 0.1) is 0 Å². The summed E-state index contributed by atoms with van der Waals surface area (Å²) >= 11 is 0. The van der Waals surface area contributed by atoms with E-state index < -0.39 is 7.26 Å². The van der Waals surface area contributed by atoms with Crippen molar-refractivity contribution in [2.24, 2.45) is 0 Å². The molecular formula is C32H24P+. The van der Waals surface area contributed by atoms with Crippen LogP contribution in [-0.4, -0.2) is 0 Å². The van der Waals surface area contributed by atoms with Crippen LogP contribution in [0.4, 0.5) is 0 Å². The van der Waals surface area contributed by atoms with Crippen LogP contribution in [0.2, 0.25) is 0 Å². The summed E-state index contributed by atoms with van der Waals surface area (Å²) in [6, 6.07) is 53.6. The molecule has 0 bridgehead atoms. The summed E-state index contributed by atoms with van der Waals surface area (Å²) in [5.41, 5.74) is 0. The number of rotatable bonds is 4. The predicted molar refractivity (Wildman–Crippen MR) is 146 cm³/mol. The van der Waals surface area contributed by atoms with Gasteiger partial charge in [0.25, 0.3) is 0 Å². The normalized spacial score (nSPS) is 11.6. The van der Waals surface area contributed by atoms with Gasteiger partial charge in [-0.2, -0.15) is 0 Å². The van der Waals surface area contributed by atoms with E-state index in [1.54, 1.807) is 0 Å². The van der Waals surface area contributed by atoms with Gasteiger partial charge in [-0.05, 0) is 70.1 Å². The lowest BCUT2D eigenvalue weighted by atomic mass is 10.1. The molecule has 0 unspecified atom stereocenters. The lowest BCUT2D eigenvalue weighted by Crippen LogP contribution is -2.38. The molecule has 156 valence electrons. The monoisotopic (exact) mass is 439 g/mol. The second-order valence-corrected chi connectivity index (χ2v) is 11.8. The van der Waals surface area contributed by atoms with E-state index >= 15 is 0 Å². The van der Waals surface area contributed by atoms with Crippen LogP contribution in [0.5, 0.6) is 0 Å². The van der Waals surface area contributed by atoms with E-state index in [1.807, 2.05) is 0 Å². The number of hydrogen-bond acceptors (Lipinski definition) is 0. The molecule has 0 saturated heterocycles. The second-order valence-electron chi connectivity index (χ2n) is 8.40. The Kier molecular flexibility index (Phi) is 5.02. The van der Waals surface area contributed by atoms with Gasteiger partial charge in [0.1, 0.15) is 28.5 Å². The van der Waals surface area contributed by atoms with Crippen LogP contribution < -0.4 is 21.2 Å².